The summed E-state index contributed by atoms with van der Waals surface area (Å²) in [5.74, 6) is 0.334. The SMILES string of the molecule is Cc1nc(CC(=O)c2cc3cccc(Br)c3o2)cs1. The highest BCUT2D eigenvalue weighted by molar-refractivity contribution is 9.10. The van der Waals surface area contributed by atoms with Gasteiger partial charge in [-0.15, -0.1) is 11.3 Å². The smallest absolute Gasteiger partial charge is 0.204 e. The first-order valence-electron chi connectivity index (χ1n) is 5.76. The molecule has 0 saturated carbocycles. The van der Waals surface area contributed by atoms with Crippen molar-refractivity contribution in [3.8, 4) is 0 Å². The molecule has 0 N–H and O–H groups in total. The van der Waals surface area contributed by atoms with Crippen molar-refractivity contribution in [1.82, 2.24) is 4.98 Å². The van der Waals surface area contributed by atoms with Gasteiger partial charge in [0.05, 0.1) is 21.6 Å². The van der Waals surface area contributed by atoms with Crippen LogP contribution < -0.4 is 0 Å². The molecule has 0 bridgehead atoms. The molecule has 0 radical (unpaired) electrons. The zero-order chi connectivity index (χ0) is 13.4. The summed E-state index contributed by atoms with van der Waals surface area (Å²) in [7, 11) is 0. The summed E-state index contributed by atoms with van der Waals surface area (Å²) in [6.07, 6.45) is 0.280. The van der Waals surface area contributed by atoms with Gasteiger partial charge in [0.15, 0.2) is 5.76 Å². The van der Waals surface area contributed by atoms with E-state index in [0.717, 1.165) is 20.6 Å². The van der Waals surface area contributed by atoms with Crippen LogP contribution >= 0.6 is 27.3 Å². The Morgan fingerprint density at radius 2 is 2.32 bits per heavy atom. The minimum absolute atomic E-state index is 0.0478. The number of furan rings is 1. The first-order valence-corrected chi connectivity index (χ1v) is 7.43. The number of aromatic nitrogens is 1. The van der Waals surface area contributed by atoms with Gasteiger partial charge in [-0.25, -0.2) is 4.98 Å². The summed E-state index contributed by atoms with van der Waals surface area (Å²) in [4.78, 5) is 16.5. The number of carbonyl (C=O) groups is 1. The molecule has 3 rings (SSSR count). The van der Waals surface area contributed by atoms with Gasteiger partial charge in [-0.3, -0.25) is 4.79 Å². The first-order chi connectivity index (χ1) is 9.13. The average molecular weight is 336 g/mol. The molecular weight excluding hydrogens is 326 g/mol. The molecular formula is C14H10BrNO2S. The van der Waals surface area contributed by atoms with Crippen molar-refractivity contribution in [1.29, 1.82) is 0 Å². The zero-order valence-electron chi connectivity index (χ0n) is 10.1. The van der Waals surface area contributed by atoms with E-state index < -0.39 is 0 Å². The molecule has 0 spiro atoms. The number of thiazole rings is 1. The first kappa shape index (κ1) is 12.6. The predicted molar refractivity (Wildman–Crippen MR) is 78.8 cm³/mol. The maximum Gasteiger partial charge on any atom is 0.204 e. The van der Waals surface area contributed by atoms with Crippen molar-refractivity contribution in [2.75, 3.05) is 0 Å². The topological polar surface area (TPSA) is 43.1 Å². The van der Waals surface area contributed by atoms with Crippen LogP contribution in [0.25, 0.3) is 11.0 Å². The predicted octanol–water partition coefficient (Wildman–Crippen LogP) is 4.39. The van der Waals surface area contributed by atoms with Crippen molar-refractivity contribution >= 4 is 44.0 Å². The molecule has 5 heteroatoms. The Kier molecular flexibility index (Phi) is 3.24. The fraction of sp³-hybridized carbons (Fsp3) is 0.143. The largest absolute Gasteiger partial charge is 0.452 e. The lowest BCUT2D eigenvalue weighted by Crippen LogP contribution is -2.02. The van der Waals surface area contributed by atoms with E-state index in [4.69, 9.17) is 4.42 Å². The van der Waals surface area contributed by atoms with E-state index in [1.165, 1.54) is 0 Å². The van der Waals surface area contributed by atoms with Crippen LogP contribution in [0.3, 0.4) is 0 Å². The van der Waals surface area contributed by atoms with Gasteiger partial charge >= 0.3 is 0 Å². The highest BCUT2D eigenvalue weighted by Gasteiger charge is 2.15. The molecule has 0 unspecified atom stereocenters. The molecule has 2 heterocycles. The van der Waals surface area contributed by atoms with Crippen molar-refractivity contribution in [3.63, 3.8) is 0 Å². The number of Topliss-reactive ketones (excluding diaryl/α,β-unsaturated/α-hetero) is 1. The number of benzene rings is 1. The standard InChI is InChI=1S/C14H10BrNO2S/c1-8-16-10(7-19-8)6-12(17)13-5-9-3-2-4-11(15)14(9)18-13/h2-5,7H,6H2,1H3. The Bertz CT molecular complexity index is 760. The molecule has 96 valence electrons. The van der Waals surface area contributed by atoms with Crippen LogP contribution in [-0.2, 0) is 6.42 Å². The van der Waals surface area contributed by atoms with Gasteiger partial charge in [0, 0.05) is 10.8 Å². The Morgan fingerprint density at radius 3 is 3.00 bits per heavy atom. The molecule has 3 aromatic rings. The van der Waals surface area contributed by atoms with E-state index in [1.54, 1.807) is 17.4 Å². The Hall–Kier alpha value is -1.46. The summed E-state index contributed by atoms with van der Waals surface area (Å²) in [6.45, 7) is 1.93. The molecule has 0 fully saturated rings. The molecule has 3 nitrogen and oxygen atoms in total. The Balaban J connectivity index is 1.91. The molecule has 0 amide bonds. The molecule has 19 heavy (non-hydrogen) atoms. The molecule has 0 aliphatic carbocycles. The fourth-order valence-electron chi connectivity index (χ4n) is 1.91. The maximum absolute atomic E-state index is 12.2. The van der Waals surface area contributed by atoms with Crippen LogP contribution in [0.5, 0.6) is 0 Å². The maximum atomic E-state index is 12.2. The third-order valence-electron chi connectivity index (χ3n) is 2.78. The normalized spacial score (nSPS) is 11.1. The number of nitrogens with zero attached hydrogens (tertiary/aromatic N) is 1. The zero-order valence-corrected chi connectivity index (χ0v) is 12.5. The second-order valence-corrected chi connectivity index (χ2v) is 6.14. The Morgan fingerprint density at radius 1 is 1.47 bits per heavy atom. The van der Waals surface area contributed by atoms with Gasteiger partial charge < -0.3 is 4.42 Å². The minimum atomic E-state index is -0.0478. The van der Waals surface area contributed by atoms with E-state index in [-0.39, 0.29) is 12.2 Å². The third-order valence-corrected chi connectivity index (χ3v) is 4.23. The second-order valence-electron chi connectivity index (χ2n) is 4.23. The molecule has 2 aromatic heterocycles. The van der Waals surface area contributed by atoms with Crippen LogP contribution in [0.4, 0.5) is 0 Å². The van der Waals surface area contributed by atoms with E-state index in [2.05, 4.69) is 20.9 Å². The molecule has 1 aromatic carbocycles. The number of halogens is 1. The summed E-state index contributed by atoms with van der Waals surface area (Å²) in [5.41, 5.74) is 1.51. The summed E-state index contributed by atoms with van der Waals surface area (Å²) in [6, 6.07) is 7.51. The van der Waals surface area contributed by atoms with Gasteiger partial charge in [0.25, 0.3) is 0 Å². The lowest BCUT2D eigenvalue weighted by Gasteiger charge is -1.93. The number of rotatable bonds is 3. The second kappa shape index (κ2) is 4.90. The highest BCUT2D eigenvalue weighted by atomic mass is 79.9. The van der Waals surface area contributed by atoms with E-state index >= 15 is 0 Å². The van der Waals surface area contributed by atoms with E-state index in [1.807, 2.05) is 30.5 Å². The fourth-order valence-corrected chi connectivity index (χ4v) is 2.98. The minimum Gasteiger partial charge on any atom is -0.452 e. The molecule has 0 aliphatic heterocycles. The molecule has 0 aliphatic rings. The van der Waals surface area contributed by atoms with Gasteiger partial charge in [0.1, 0.15) is 5.58 Å². The monoisotopic (exact) mass is 335 g/mol. The summed E-state index contributed by atoms with van der Waals surface area (Å²) in [5, 5.41) is 3.80. The number of hydrogen-bond donors (Lipinski definition) is 0. The Labute approximate surface area is 122 Å². The summed E-state index contributed by atoms with van der Waals surface area (Å²) >= 11 is 4.96. The van der Waals surface area contributed by atoms with Crippen LogP contribution in [0.15, 0.2) is 38.5 Å². The lowest BCUT2D eigenvalue weighted by molar-refractivity contribution is 0.0967. The molecule has 0 saturated heterocycles. The molecule has 0 atom stereocenters. The number of para-hydroxylation sites is 1. The number of carbonyl (C=O) groups excluding carboxylic acids is 1. The van der Waals surface area contributed by atoms with Crippen LogP contribution in [0, 0.1) is 6.92 Å². The van der Waals surface area contributed by atoms with Gasteiger partial charge in [0.2, 0.25) is 5.78 Å². The van der Waals surface area contributed by atoms with E-state index in [0.29, 0.717) is 11.3 Å². The number of aryl methyl sites for hydroxylation is 1. The average Bonchev–Trinajstić information content (AvgIpc) is 2.96. The quantitative estimate of drug-likeness (QED) is 0.667. The third kappa shape index (κ3) is 2.48. The number of fused-ring (bicyclic) bond motifs is 1. The lowest BCUT2D eigenvalue weighted by atomic mass is 10.2. The van der Waals surface area contributed by atoms with Gasteiger partial charge in [-0.1, -0.05) is 12.1 Å². The number of hydrogen-bond acceptors (Lipinski definition) is 4. The van der Waals surface area contributed by atoms with Crippen molar-refractivity contribution < 1.29 is 9.21 Å². The van der Waals surface area contributed by atoms with Crippen molar-refractivity contribution in [2.45, 2.75) is 13.3 Å². The van der Waals surface area contributed by atoms with Crippen molar-refractivity contribution in [2.24, 2.45) is 0 Å². The van der Waals surface area contributed by atoms with Crippen molar-refractivity contribution in [3.05, 3.63) is 50.6 Å². The van der Waals surface area contributed by atoms with Crippen LogP contribution in [0.2, 0.25) is 0 Å². The van der Waals surface area contributed by atoms with E-state index in [9.17, 15) is 4.79 Å². The van der Waals surface area contributed by atoms with Gasteiger partial charge in [-0.05, 0) is 35.0 Å². The highest BCUT2D eigenvalue weighted by Crippen LogP contribution is 2.27. The van der Waals surface area contributed by atoms with Crippen LogP contribution in [-0.4, -0.2) is 10.8 Å². The summed E-state index contributed by atoms with van der Waals surface area (Å²) < 4.78 is 6.47. The van der Waals surface area contributed by atoms with Gasteiger partial charge in [-0.2, -0.15) is 0 Å². The number of ketones is 1. The van der Waals surface area contributed by atoms with Crippen LogP contribution in [0.1, 0.15) is 21.3 Å².